The van der Waals surface area contributed by atoms with Crippen LogP contribution in [0, 0.1) is 5.92 Å². The summed E-state index contributed by atoms with van der Waals surface area (Å²) in [6.07, 6.45) is 5.91. The van der Waals surface area contributed by atoms with Crippen molar-refractivity contribution in [2.45, 2.75) is 44.2 Å². The Morgan fingerprint density at radius 1 is 1.00 bits per heavy atom. The molecule has 3 unspecified atom stereocenters. The highest BCUT2D eigenvalue weighted by Crippen LogP contribution is 2.33. The number of benzene rings is 1. The number of anilines is 2. The van der Waals surface area contributed by atoms with Crippen LogP contribution in [-0.4, -0.2) is 61.6 Å². The van der Waals surface area contributed by atoms with Crippen molar-refractivity contribution in [1.29, 1.82) is 0 Å². The number of hydrogen-bond acceptors (Lipinski definition) is 5. The van der Waals surface area contributed by atoms with Gasteiger partial charge in [-0.2, -0.15) is 0 Å². The second kappa shape index (κ2) is 11.9. The van der Waals surface area contributed by atoms with Gasteiger partial charge in [0.15, 0.2) is 0 Å². The van der Waals surface area contributed by atoms with Gasteiger partial charge in [-0.1, -0.05) is 12.8 Å². The molecule has 30 heavy (non-hydrogen) atoms. The number of morpholine rings is 1. The molecule has 1 aliphatic carbocycles. The second-order valence-corrected chi connectivity index (χ2v) is 8.11. The maximum Gasteiger partial charge on any atom is 0.241 e. The van der Waals surface area contributed by atoms with Gasteiger partial charge in [0.05, 0.1) is 25.8 Å². The van der Waals surface area contributed by atoms with Gasteiger partial charge in [0.1, 0.15) is 0 Å². The monoisotopic (exact) mass is 458 g/mol. The summed E-state index contributed by atoms with van der Waals surface area (Å²) >= 11 is 0. The van der Waals surface area contributed by atoms with Crippen LogP contribution in [0.3, 0.4) is 0 Å². The zero-order valence-corrected chi connectivity index (χ0v) is 18.7. The Morgan fingerprint density at radius 3 is 2.30 bits per heavy atom. The Balaban J connectivity index is 0.00000160. The Bertz CT molecular complexity index is 684. The van der Waals surface area contributed by atoms with Gasteiger partial charge < -0.3 is 20.7 Å². The van der Waals surface area contributed by atoms with Crippen LogP contribution >= 0.6 is 24.8 Å². The van der Waals surface area contributed by atoms with Crippen LogP contribution in [-0.2, 0) is 14.3 Å². The molecule has 1 saturated carbocycles. The summed E-state index contributed by atoms with van der Waals surface area (Å²) in [6, 6.07) is 7.74. The molecular formula is C21H32Cl2N4O3. The maximum absolute atomic E-state index is 12.6. The van der Waals surface area contributed by atoms with Crippen molar-refractivity contribution in [3.8, 4) is 0 Å². The molecule has 4 rings (SSSR count). The van der Waals surface area contributed by atoms with E-state index in [2.05, 4.69) is 20.9 Å². The van der Waals surface area contributed by atoms with E-state index in [9.17, 15) is 9.59 Å². The molecule has 3 fully saturated rings. The van der Waals surface area contributed by atoms with Gasteiger partial charge in [0.25, 0.3) is 0 Å². The number of rotatable bonds is 5. The summed E-state index contributed by atoms with van der Waals surface area (Å²) in [7, 11) is 0. The van der Waals surface area contributed by atoms with Crippen molar-refractivity contribution in [2.75, 3.05) is 43.5 Å². The number of ether oxygens (including phenoxy) is 1. The Morgan fingerprint density at radius 2 is 1.63 bits per heavy atom. The summed E-state index contributed by atoms with van der Waals surface area (Å²) in [6.45, 7) is 3.31. The third kappa shape index (κ3) is 6.56. The molecule has 0 aromatic heterocycles. The van der Waals surface area contributed by atoms with E-state index in [0.717, 1.165) is 30.9 Å². The third-order valence-corrected chi connectivity index (χ3v) is 6.09. The van der Waals surface area contributed by atoms with Gasteiger partial charge in [-0.15, -0.1) is 24.8 Å². The quantitative estimate of drug-likeness (QED) is 0.631. The average molecular weight is 459 g/mol. The molecule has 2 saturated heterocycles. The molecule has 0 radical (unpaired) electrons. The lowest BCUT2D eigenvalue weighted by atomic mass is 9.85. The standard InChI is InChI=1S/C21H30N4O3.2ClH/c26-20(14-25-9-11-28-12-10-25)22-16-5-7-17(8-6-16)23-21(27)19-13-15-3-1-2-4-18(15)24-19;;/h5-8,15,18-19,24H,1-4,9-14H2,(H,22,26)(H,23,27);2*1H. The number of fused-ring (bicyclic) bond motifs is 1. The van der Waals surface area contributed by atoms with Crippen molar-refractivity contribution < 1.29 is 14.3 Å². The Labute approximate surface area is 190 Å². The minimum absolute atomic E-state index is 0. The number of amides is 2. The molecule has 9 heteroatoms. The van der Waals surface area contributed by atoms with Crippen LogP contribution in [0.4, 0.5) is 11.4 Å². The first kappa shape index (κ1) is 24.9. The first-order chi connectivity index (χ1) is 13.7. The van der Waals surface area contributed by atoms with E-state index in [4.69, 9.17) is 4.74 Å². The van der Waals surface area contributed by atoms with Crippen molar-refractivity contribution in [1.82, 2.24) is 10.2 Å². The average Bonchev–Trinajstić information content (AvgIpc) is 3.15. The van der Waals surface area contributed by atoms with Gasteiger partial charge in [-0.3, -0.25) is 14.5 Å². The number of nitrogens with zero attached hydrogens (tertiary/aromatic N) is 1. The van der Waals surface area contributed by atoms with Crippen LogP contribution in [0.2, 0.25) is 0 Å². The van der Waals surface area contributed by atoms with Crippen LogP contribution in [0.15, 0.2) is 24.3 Å². The van der Waals surface area contributed by atoms with Crippen molar-refractivity contribution in [2.24, 2.45) is 5.92 Å². The SMILES string of the molecule is Cl.Cl.O=C(CN1CCOCC1)Nc1ccc(NC(=O)C2CC3CCCCC3N2)cc1. The van der Waals surface area contributed by atoms with E-state index in [1.54, 1.807) is 0 Å². The highest BCUT2D eigenvalue weighted by Gasteiger charge is 2.38. The van der Waals surface area contributed by atoms with Gasteiger partial charge in [0.2, 0.25) is 11.8 Å². The largest absolute Gasteiger partial charge is 0.379 e. The highest BCUT2D eigenvalue weighted by molar-refractivity contribution is 5.96. The minimum atomic E-state index is -0.0963. The van der Waals surface area contributed by atoms with Gasteiger partial charge in [-0.25, -0.2) is 0 Å². The van der Waals surface area contributed by atoms with E-state index in [-0.39, 0.29) is 42.7 Å². The molecule has 2 aliphatic heterocycles. The van der Waals surface area contributed by atoms with E-state index in [0.29, 0.717) is 31.7 Å². The fourth-order valence-corrected chi connectivity index (χ4v) is 4.55. The summed E-state index contributed by atoms with van der Waals surface area (Å²) < 4.78 is 5.30. The molecule has 168 valence electrons. The smallest absolute Gasteiger partial charge is 0.241 e. The van der Waals surface area contributed by atoms with E-state index in [1.165, 1.54) is 25.7 Å². The molecule has 0 spiro atoms. The second-order valence-electron chi connectivity index (χ2n) is 8.11. The first-order valence-electron chi connectivity index (χ1n) is 10.4. The van der Waals surface area contributed by atoms with Crippen LogP contribution in [0.1, 0.15) is 32.1 Å². The lowest BCUT2D eigenvalue weighted by molar-refractivity contribution is -0.118. The summed E-state index contributed by atoms with van der Waals surface area (Å²) in [4.78, 5) is 26.8. The van der Waals surface area contributed by atoms with Gasteiger partial charge >= 0.3 is 0 Å². The lowest BCUT2D eigenvalue weighted by Gasteiger charge is -2.25. The first-order valence-corrected chi connectivity index (χ1v) is 10.4. The third-order valence-electron chi connectivity index (χ3n) is 6.09. The molecule has 2 amide bonds. The fourth-order valence-electron chi connectivity index (χ4n) is 4.55. The predicted octanol–water partition coefficient (Wildman–Crippen LogP) is 2.66. The Hall–Kier alpha value is -1.38. The number of nitrogens with one attached hydrogen (secondary N) is 3. The van der Waals surface area contributed by atoms with Crippen LogP contribution in [0.5, 0.6) is 0 Å². The molecule has 1 aromatic rings. The number of carbonyl (C=O) groups excluding carboxylic acids is 2. The zero-order valence-electron chi connectivity index (χ0n) is 17.1. The van der Waals surface area contributed by atoms with Crippen molar-refractivity contribution in [3.63, 3.8) is 0 Å². The summed E-state index contributed by atoms with van der Waals surface area (Å²) in [5, 5.41) is 9.42. The molecule has 2 heterocycles. The zero-order chi connectivity index (χ0) is 19.3. The molecule has 7 nitrogen and oxygen atoms in total. The lowest BCUT2D eigenvalue weighted by Crippen LogP contribution is -2.41. The molecule has 3 N–H and O–H groups in total. The summed E-state index contributed by atoms with van der Waals surface area (Å²) in [5.74, 6) is 0.656. The van der Waals surface area contributed by atoms with Crippen LogP contribution in [0.25, 0.3) is 0 Å². The van der Waals surface area contributed by atoms with Gasteiger partial charge in [0, 0.05) is 30.5 Å². The van der Waals surface area contributed by atoms with Crippen molar-refractivity contribution in [3.05, 3.63) is 24.3 Å². The van der Waals surface area contributed by atoms with Gasteiger partial charge in [-0.05, 0) is 49.4 Å². The maximum atomic E-state index is 12.6. The van der Waals surface area contributed by atoms with Crippen molar-refractivity contribution >= 4 is 48.0 Å². The molecular weight excluding hydrogens is 427 g/mol. The van der Waals surface area contributed by atoms with E-state index in [1.807, 2.05) is 24.3 Å². The normalized spacial score (nSPS) is 25.9. The molecule has 0 bridgehead atoms. The van der Waals surface area contributed by atoms with E-state index >= 15 is 0 Å². The molecule has 3 atom stereocenters. The number of hydrogen-bond donors (Lipinski definition) is 3. The molecule has 1 aromatic carbocycles. The highest BCUT2D eigenvalue weighted by atomic mass is 35.5. The summed E-state index contributed by atoms with van der Waals surface area (Å²) in [5.41, 5.74) is 1.49. The fraction of sp³-hybridized carbons (Fsp3) is 0.619. The molecule has 3 aliphatic rings. The number of carbonyl (C=O) groups is 2. The van der Waals surface area contributed by atoms with E-state index < -0.39 is 0 Å². The minimum Gasteiger partial charge on any atom is -0.379 e. The Kier molecular flexibility index (Phi) is 9.84. The van der Waals surface area contributed by atoms with Crippen LogP contribution < -0.4 is 16.0 Å². The number of halogens is 2. The predicted molar refractivity (Wildman–Crippen MR) is 123 cm³/mol. The topological polar surface area (TPSA) is 82.7 Å².